The number of nitrogens with zero attached hydrogens (tertiary/aromatic N) is 1. The molecule has 0 N–H and O–H groups in total. The van der Waals surface area contributed by atoms with Crippen molar-refractivity contribution in [2.75, 3.05) is 0 Å². The first kappa shape index (κ1) is 12.7. The minimum Gasteiger partial charge on any atom is -0.289 e. The van der Waals surface area contributed by atoms with Crippen LogP contribution in [0.25, 0.3) is 6.08 Å². The van der Waals surface area contributed by atoms with Crippen molar-refractivity contribution in [1.82, 2.24) is 0 Å². The highest BCUT2D eigenvalue weighted by Gasteiger charge is 2.01. The summed E-state index contributed by atoms with van der Waals surface area (Å²) in [6.45, 7) is 0. The molecule has 92 valence electrons. The van der Waals surface area contributed by atoms with Crippen molar-refractivity contribution in [3.05, 3.63) is 71.8 Å². The van der Waals surface area contributed by atoms with Crippen LogP contribution in [-0.4, -0.2) is 11.9 Å². The molecule has 0 amide bonds. The van der Waals surface area contributed by atoms with Crippen molar-refractivity contribution < 1.29 is 9.59 Å². The van der Waals surface area contributed by atoms with Crippen LogP contribution in [0.4, 0.5) is 5.69 Å². The lowest BCUT2D eigenvalue weighted by Crippen LogP contribution is -1.92. The Hall–Kier alpha value is -2.77. The third-order valence-electron chi connectivity index (χ3n) is 2.55. The van der Waals surface area contributed by atoms with Crippen LogP contribution in [0, 0.1) is 0 Å². The molecule has 2 rings (SSSR count). The van der Waals surface area contributed by atoms with Crippen molar-refractivity contribution in [2.24, 2.45) is 4.99 Å². The fraction of sp³-hybridized carbons (Fsp3) is 0. The molecule has 0 aliphatic rings. The number of carbonyl (C=O) groups excluding carboxylic acids is 2. The third-order valence-corrected chi connectivity index (χ3v) is 2.55. The number of hydrogen-bond donors (Lipinski definition) is 0. The molecule has 0 spiro atoms. The molecule has 0 unspecified atom stereocenters. The van der Waals surface area contributed by atoms with Gasteiger partial charge in [-0.15, -0.1) is 0 Å². The highest BCUT2D eigenvalue weighted by atomic mass is 16.1. The summed E-state index contributed by atoms with van der Waals surface area (Å²) >= 11 is 0. The molecule has 19 heavy (non-hydrogen) atoms. The van der Waals surface area contributed by atoms with Crippen LogP contribution in [0.5, 0.6) is 0 Å². The number of aliphatic imine (C=N–C) groups is 1. The zero-order chi connectivity index (χ0) is 13.5. The van der Waals surface area contributed by atoms with Crippen LogP contribution in [-0.2, 0) is 4.79 Å². The number of ketones is 1. The van der Waals surface area contributed by atoms with E-state index in [1.54, 1.807) is 30.3 Å². The topological polar surface area (TPSA) is 46.5 Å². The molecule has 0 atom stereocenters. The molecular formula is C16H11NO2. The summed E-state index contributed by atoms with van der Waals surface area (Å²) in [4.78, 5) is 25.4. The van der Waals surface area contributed by atoms with E-state index in [1.165, 1.54) is 12.2 Å². The van der Waals surface area contributed by atoms with Gasteiger partial charge in [-0.3, -0.25) is 4.79 Å². The van der Waals surface area contributed by atoms with Gasteiger partial charge in [0.15, 0.2) is 5.78 Å². The maximum absolute atomic E-state index is 11.9. The smallest absolute Gasteiger partial charge is 0.240 e. The second kappa shape index (κ2) is 6.24. The average Bonchev–Trinajstić information content (AvgIpc) is 2.47. The van der Waals surface area contributed by atoms with Crippen molar-refractivity contribution in [3.63, 3.8) is 0 Å². The zero-order valence-electron chi connectivity index (χ0n) is 10.1. The van der Waals surface area contributed by atoms with Crippen LogP contribution in [0.15, 0.2) is 65.7 Å². The number of allylic oxidation sites excluding steroid dienone is 1. The van der Waals surface area contributed by atoms with Gasteiger partial charge >= 0.3 is 0 Å². The van der Waals surface area contributed by atoms with Gasteiger partial charge in [0.05, 0.1) is 5.69 Å². The van der Waals surface area contributed by atoms with Crippen molar-refractivity contribution in [1.29, 1.82) is 0 Å². The Morgan fingerprint density at radius 1 is 1.00 bits per heavy atom. The summed E-state index contributed by atoms with van der Waals surface area (Å²) in [5, 5.41) is 0. The molecule has 3 heteroatoms. The molecule has 0 fully saturated rings. The minimum absolute atomic E-state index is 0.0921. The molecule has 0 heterocycles. The van der Waals surface area contributed by atoms with Crippen LogP contribution in [0.2, 0.25) is 0 Å². The molecule has 2 aromatic carbocycles. The van der Waals surface area contributed by atoms with E-state index in [2.05, 4.69) is 4.99 Å². The van der Waals surface area contributed by atoms with Crippen LogP contribution >= 0.6 is 0 Å². The predicted octanol–water partition coefficient (Wildman–Crippen LogP) is 3.55. The molecule has 2 aromatic rings. The van der Waals surface area contributed by atoms with E-state index < -0.39 is 0 Å². The first-order chi connectivity index (χ1) is 9.29. The number of rotatable bonds is 4. The first-order valence-corrected chi connectivity index (χ1v) is 5.75. The average molecular weight is 249 g/mol. The third kappa shape index (κ3) is 3.60. The fourth-order valence-electron chi connectivity index (χ4n) is 1.59. The second-order valence-corrected chi connectivity index (χ2v) is 3.86. The monoisotopic (exact) mass is 249 g/mol. The van der Waals surface area contributed by atoms with E-state index in [1.807, 2.05) is 30.3 Å². The Labute approximate surface area is 110 Å². The summed E-state index contributed by atoms with van der Waals surface area (Å²) in [6, 6.07) is 16.1. The lowest BCUT2D eigenvalue weighted by molar-refractivity contribution is 0.104. The molecule has 0 saturated carbocycles. The number of benzene rings is 2. The molecule has 0 saturated heterocycles. The van der Waals surface area contributed by atoms with E-state index in [0.717, 1.165) is 5.56 Å². The molecule has 0 radical (unpaired) electrons. The van der Waals surface area contributed by atoms with Gasteiger partial charge in [-0.05, 0) is 35.9 Å². The predicted molar refractivity (Wildman–Crippen MR) is 74.0 cm³/mol. The molecular weight excluding hydrogens is 238 g/mol. The Kier molecular flexibility index (Phi) is 4.17. The van der Waals surface area contributed by atoms with Gasteiger partial charge in [0.25, 0.3) is 0 Å². The maximum Gasteiger partial charge on any atom is 0.240 e. The van der Waals surface area contributed by atoms with Gasteiger partial charge in [-0.1, -0.05) is 36.4 Å². The summed E-state index contributed by atoms with van der Waals surface area (Å²) in [7, 11) is 0. The van der Waals surface area contributed by atoms with Crippen molar-refractivity contribution in [2.45, 2.75) is 0 Å². The summed E-state index contributed by atoms with van der Waals surface area (Å²) in [6.07, 6.45) is 4.74. The van der Waals surface area contributed by atoms with Gasteiger partial charge in [-0.2, -0.15) is 4.99 Å². The normalized spacial score (nSPS) is 10.1. The standard InChI is InChI=1S/C16H11NO2/c18-12-17-15-9-7-14(8-10-15)16(19)11-6-13-4-2-1-3-5-13/h1-11H. The summed E-state index contributed by atoms with van der Waals surface area (Å²) in [5.41, 5.74) is 2.01. The quantitative estimate of drug-likeness (QED) is 0.360. The number of hydrogen-bond acceptors (Lipinski definition) is 3. The molecule has 3 nitrogen and oxygen atoms in total. The van der Waals surface area contributed by atoms with Gasteiger partial charge < -0.3 is 0 Å². The lowest BCUT2D eigenvalue weighted by Gasteiger charge is -1.96. The molecule has 0 aliphatic heterocycles. The van der Waals surface area contributed by atoms with Gasteiger partial charge in [0.2, 0.25) is 6.08 Å². The molecule has 0 aliphatic carbocycles. The Morgan fingerprint density at radius 2 is 1.68 bits per heavy atom. The van der Waals surface area contributed by atoms with E-state index in [9.17, 15) is 9.59 Å². The van der Waals surface area contributed by atoms with Crippen LogP contribution in [0.3, 0.4) is 0 Å². The highest BCUT2D eigenvalue weighted by Crippen LogP contribution is 2.13. The first-order valence-electron chi connectivity index (χ1n) is 5.75. The van der Waals surface area contributed by atoms with Gasteiger partial charge in [0, 0.05) is 5.56 Å². The number of isocyanates is 1. The number of carbonyl (C=O) groups is 1. The van der Waals surface area contributed by atoms with E-state index in [0.29, 0.717) is 11.3 Å². The van der Waals surface area contributed by atoms with E-state index in [4.69, 9.17) is 0 Å². The summed E-state index contributed by atoms with van der Waals surface area (Å²) < 4.78 is 0. The maximum atomic E-state index is 11.9. The molecule has 0 bridgehead atoms. The van der Waals surface area contributed by atoms with E-state index in [-0.39, 0.29) is 5.78 Å². The van der Waals surface area contributed by atoms with Crippen molar-refractivity contribution in [3.8, 4) is 0 Å². The van der Waals surface area contributed by atoms with Crippen LogP contribution in [0.1, 0.15) is 15.9 Å². The largest absolute Gasteiger partial charge is 0.289 e. The Balaban J connectivity index is 2.12. The van der Waals surface area contributed by atoms with Gasteiger partial charge in [-0.25, -0.2) is 4.79 Å². The van der Waals surface area contributed by atoms with Crippen LogP contribution < -0.4 is 0 Å². The SMILES string of the molecule is O=C=Nc1ccc(C(=O)C=Cc2ccccc2)cc1. The minimum atomic E-state index is -0.0921. The van der Waals surface area contributed by atoms with E-state index >= 15 is 0 Å². The van der Waals surface area contributed by atoms with Gasteiger partial charge in [0.1, 0.15) is 0 Å². The highest BCUT2D eigenvalue weighted by molar-refractivity contribution is 6.06. The summed E-state index contributed by atoms with van der Waals surface area (Å²) in [5.74, 6) is -0.0921. The van der Waals surface area contributed by atoms with Crippen molar-refractivity contribution >= 4 is 23.6 Å². The molecule has 0 aromatic heterocycles. The Bertz CT molecular complexity index is 636. The Morgan fingerprint density at radius 3 is 2.32 bits per heavy atom. The fourth-order valence-corrected chi connectivity index (χ4v) is 1.59. The lowest BCUT2D eigenvalue weighted by atomic mass is 10.1. The zero-order valence-corrected chi connectivity index (χ0v) is 10.1. The second-order valence-electron chi connectivity index (χ2n) is 3.86.